The number of rotatable bonds is 4. The Morgan fingerprint density at radius 1 is 1.21 bits per heavy atom. The maximum atomic E-state index is 13.8. The molecule has 0 atom stereocenters. The van der Waals surface area contributed by atoms with E-state index in [1.807, 2.05) is 0 Å². The van der Waals surface area contributed by atoms with Gasteiger partial charge < -0.3 is 11.1 Å². The molecule has 0 aromatic heterocycles. The second-order valence-corrected chi connectivity index (χ2v) is 5.83. The summed E-state index contributed by atoms with van der Waals surface area (Å²) in [5, 5.41) is 3.38. The van der Waals surface area contributed by atoms with Gasteiger partial charge >= 0.3 is 0 Å². The summed E-state index contributed by atoms with van der Waals surface area (Å²) < 4.78 is 13.8. The highest BCUT2D eigenvalue weighted by Crippen LogP contribution is 2.23. The van der Waals surface area contributed by atoms with Crippen LogP contribution >= 0.6 is 23.2 Å². The van der Waals surface area contributed by atoms with Crippen molar-refractivity contribution in [2.24, 2.45) is 5.73 Å². The van der Waals surface area contributed by atoms with Gasteiger partial charge in [-0.2, -0.15) is 0 Å². The van der Waals surface area contributed by atoms with Crippen molar-refractivity contribution in [2.75, 3.05) is 5.32 Å². The minimum atomic E-state index is -0.784. The third-order valence-corrected chi connectivity index (χ3v) is 3.83. The van der Waals surface area contributed by atoms with E-state index in [9.17, 15) is 14.0 Å². The zero-order valence-corrected chi connectivity index (χ0v) is 14.1. The number of nitrogens with one attached hydrogen (secondary N) is 1. The van der Waals surface area contributed by atoms with Gasteiger partial charge in [-0.05, 0) is 42.8 Å². The topological polar surface area (TPSA) is 72.2 Å². The van der Waals surface area contributed by atoms with Gasteiger partial charge in [-0.15, -0.1) is 0 Å². The Bertz CT molecular complexity index is 851. The van der Waals surface area contributed by atoms with Gasteiger partial charge in [-0.1, -0.05) is 29.3 Å². The molecular weight excluding hydrogens is 354 g/mol. The molecule has 0 bridgehead atoms. The summed E-state index contributed by atoms with van der Waals surface area (Å²) in [5.41, 5.74) is 6.08. The average Bonchev–Trinajstić information content (AvgIpc) is 2.50. The van der Waals surface area contributed by atoms with Crippen LogP contribution in [0.2, 0.25) is 10.0 Å². The predicted octanol–water partition coefficient (Wildman–Crippen LogP) is 4.19. The summed E-state index contributed by atoms with van der Waals surface area (Å²) in [4.78, 5) is 23.2. The van der Waals surface area contributed by atoms with Crippen molar-refractivity contribution < 1.29 is 14.0 Å². The predicted molar refractivity (Wildman–Crippen MR) is 93.8 cm³/mol. The molecule has 0 radical (unpaired) electrons. The number of primary amides is 1. The number of anilines is 1. The summed E-state index contributed by atoms with van der Waals surface area (Å²) in [6.45, 7) is 1.48. The van der Waals surface area contributed by atoms with Crippen LogP contribution in [0.15, 0.2) is 36.4 Å². The van der Waals surface area contributed by atoms with Crippen LogP contribution in [0, 0.1) is 12.7 Å². The molecule has 0 aliphatic carbocycles. The zero-order chi connectivity index (χ0) is 17.9. The van der Waals surface area contributed by atoms with E-state index in [-0.39, 0.29) is 16.8 Å². The van der Waals surface area contributed by atoms with E-state index in [4.69, 9.17) is 28.9 Å². The third kappa shape index (κ3) is 4.34. The van der Waals surface area contributed by atoms with Crippen LogP contribution in [-0.2, 0) is 4.79 Å². The van der Waals surface area contributed by atoms with Gasteiger partial charge in [0.1, 0.15) is 5.82 Å². The van der Waals surface area contributed by atoms with Gasteiger partial charge in [0.2, 0.25) is 11.8 Å². The van der Waals surface area contributed by atoms with Crippen LogP contribution in [0.5, 0.6) is 0 Å². The number of carbonyl (C=O) groups excluding carboxylic acids is 2. The smallest absolute Gasteiger partial charge is 0.248 e. The Morgan fingerprint density at radius 2 is 1.92 bits per heavy atom. The molecule has 2 aromatic carbocycles. The fraction of sp³-hybridized carbons (Fsp3) is 0.0588. The Kier molecular flexibility index (Phi) is 5.59. The molecule has 124 valence electrons. The normalized spacial score (nSPS) is 10.8. The summed E-state index contributed by atoms with van der Waals surface area (Å²) >= 11 is 11.8. The molecule has 0 saturated heterocycles. The van der Waals surface area contributed by atoms with E-state index in [0.717, 1.165) is 6.07 Å². The van der Waals surface area contributed by atoms with E-state index < -0.39 is 17.6 Å². The molecule has 7 heteroatoms. The van der Waals surface area contributed by atoms with Gasteiger partial charge in [0.15, 0.2) is 0 Å². The number of carbonyl (C=O) groups is 2. The van der Waals surface area contributed by atoms with Gasteiger partial charge in [0, 0.05) is 32.9 Å². The molecular formula is C17H13Cl2FN2O2. The maximum Gasteiger partial charge on any atom is 0.248 e. The van der Waals surface area contributed by atoms with Crippen molar-refractivity contribution in [2.45, 2.75) is 6.92 Å². The van der Waals surface area contributed by atoms with E-state index in [0.29, 0.717) is 15.6 Å². The zero-order valence-electron chi connectivity index (χ0n) is 12.6. The van der Waals surface area contributed by atoms with Crippen LogP contribution in [0.4, 0.5) is 10.1 Å². The standard InChI is InChI=1S/C17H13Cl2FN2O2/c1-9-14(20)6-11(17(21)24)7-15(9)22-16(23)5-3-10-2-4-12(18)8-13(10)19/h2-8H,1H3,(H2,21,24)(H,22,23)/b5-3+. The lowest BCUT2D eigenvalue weighted by Crippen LogP contribution is -2.15. The van der Waals surface area contributed by atoms with Crippen LogP contribution in [0.1, 0.15) is 21.5 Å². The van der Waals surface area contributed by atoms with Gasteiger partial charge in [-0.3, -0.25) is 9.59 Å². The number of nitrogens with two attached hydrogens (primary N) is 1. The molecule has 2 rings (SSSR count). The van der Waals surface area contributed by atoms with Crippen molar-refractivity contribution in [3.63, 3.8) is 0 Å². The highest BCUT2D eigenvalue weighted by molar-refractivity contribution is 6.35. The first kappa shape index (κ1) is 18.0. The van der Waals surface area contributed by atoms with Crippen molar-refractivity contribution in [1.82, 2.24) is 0 Å². The minimum Gasteiger partial charge on any atom is -0.366 e. The summed E-state index contributed by atoms with van der Waals surface area (Å²) in [7, 11) is 0. The lowest BCUT2D eigenvalue weighted by atomic mass is 10.1. The Labute approximate surface area is 148 Å². The Morgan fingerprint density at radius 3 is 2.54 bits per heavy atom. The number of amides is 2. The van der Waals surface area contributed by atoms with Crippen LogP contribution < -0.4 is 11.1 Å². The van der Waals surface area contributed by atoms with E-state index >= 15 is 0 Å². The molecule has 24 heavy (non-hydrogen) atoms. The van der Waals surface area contributed by atoms with Gasteiger partial charge in [0.25, 0.3) is 0 Å². The molecule has 0 aliphatic heterocycles. The quantitative estimate of drug-likeness (QED) is 0.796. The van der Waals surface area contributed by atoms with E-state index in [1.54, 1.807) is 18.2 Å². The van der Waals surface area contributed by atoms with Crippen LogP contribution in [0.25, 0.3) is 6.08 Å². The highest BCUT2D eigenvalue weighted by Gasteiger charge is 2.11. The average molecular weight is 367 g/mol. The van der Waals surface area contributed by atoms with Crippen LogP contribution in [0.3, 0.4) is 0 Å². The lowest BCUT2D eigenvalue weighted by molar-refractivity contribution is -0.111. The molecule has 0 unspecified atom stereocenters. The van der Waals surface area contributed by atoms with Gasteiger partial charge in [-0.25, -0.2) is 4.39 Å². The Balaban J connectivity index is 2.20. The molecule has 0 heterocycles. The number of hydrogen-bond donors (Lipinski definition) is 2. The second kappa shape index (κ2) is 7.47. The third-order valence-electron chi connectivity index (χ3n) is 3.26. The van der Waals surface area contributed by atoms with E-state index in [1.165, 1.54) is 25.1 Å². The van der Waals surface area contributed by atoms with Crippen LogP contribution in [-0.4, -0.2) is 11.8 Å². The first-order chi connectivity index (χ1) is 11.3. The van der Waals surface area contributed by atoms with Crippen molar-refractivity contribution in [1.29, 1.82) is 0 Å². The fourth-order valence-corrected chi connectivity index (χ4v) is 2.40. The molecule has 0 fully saturated rings. The molecule has 4 nitrogen and oxygen atoms in total. The van der Waals surface area contributed by atoms with Crippen molar-refractivity contribution in [3.05, 3.63) is 69.0 Å². The minimum absolute atomic E-state index is 0.0295. The SMILES string of the molecule is Cc1c(F)cc(C(N)=O)cc1NC(=O)/C=C/c1ccc(Cl)cc1Cl. The highest BCUT2D eigenvalue weighted by atomic mass is 35.5. The van der Waals surface area contributed by atoms with Crippen molar-refractivity contribution in [3.8, 4) is 0 Å². The van der Waals surface area contributed by atoms with Crippen molar-refractivity contribution >= 4 is 46.8 Å². The second-order valence-electron chi connectivity index (χ2n) is 4.98. The molecule has 0 aliphatic rings. The first-order valence-corrected chi connectivity index (χ1v) is 7.57. The number of benzene rings is 2. The molecule has 2 aromatic rings. The molecule has 0 spiro atoms. The monoisotopic (exact) mass is 366 g/mol. The fourth-order valence-electron chi connectivity index (χ4n) is 1.93. The molecule has 0 saturated carbocycles. The first-order valence-electron chi connectivity index (χ1n) is 6.82. The largest absolute Gasteiger partial charge is 0.366 e. The van der Waals surface area contributed by atoms with E-state index in [2.05, 4.69) is 5.32 Å². The lowest BCUT2D eigenvalue weighted by Gasteiger charge is -2.09. The molecule has 2 amide bonds. The summed E-state index contributed by atoms with van der Waals surface area (Å²) in [5.74, 6) is -1.93. The van der Waals surface area contributed by atoms with Gasteiger partial charge in [0.05, 0.1) is 0 Å². The maximum absolute atomic E-state index is 13.8. The summed E-state index contributed by atoms with van der Waals surface area (Å²) in [6.07, 6.45) is 2.74. The summed E-state index contributed by atoms with van der Waals surface area (Å²) in [6, 6.07) is 7.20. The Hall–Kier alpha value is -2.37. The number of hydrogen-bond acceptors (Lipinski definition) is 2. The number of halogens is 3. The molecule has 3 N–H and O–H groups in total.